The molecule has 3 aromatic rings. The highest BCUT2D eigenvalue weighted by molar-refractivity contribution is 7.92. The summed E-state index contributed by atoms with van der Waals surface area (Å²) in [5, 5.41) is 2.69. The molecule has 1 saturated heterocycles. The van der Waals surface area contributed by atoms with Gasteiger partial charge in [0.25, 0.3) is 15.9 Å². The van der Waals surface area contributed by atoms with E-state index in [9.17, 15) is 18.0 Å². The van der Waals surface area contributed by atoms with Gasteiger partial charge in [-0.2, -0.15) is 0 Å². The van der Waals surface area contributed by atoms with Gasteiger partial charge in [0.1, 0.15) is 5.75 Å². The Kier molecular flexibility index (Phi) is 7.07. The number of hydrogen-bond acceptors (Lipinski definition) is 5. The van der Waals surface area contributed by atoms with Crippen molar-refractivity contribution in [2.75, 3.05) is 28.1 Å². The van der Waals surface area contributed by atoms with E-state index >= 15 is 0 Å². The molecule has 2 amide bonds. The molecule has 2 N–H and O–H groups in total. The minimum absolute atomic E-state index is 0.0889. The Labute approximate surface area is 205 Å². The maximum atomic E-state index is 12.8. The van der Waals surface area contributed by atoms with Crippen LogP contribution in [0.3, 0.4) is 0 Å². The van der Waals surface area contributed by atoms with E-state index in [0.29, 0.717) is 30.1 Å². The van der Waals surface area contributed by atoms with Gasteiger partial charge in [-0.15, -0.1) is 0 Å². The van der Waals surface area contributed by atoms with E-state index in [2.05, 4.69) is 10.0 Å². The Hall–Kier alpha value is -3.85. The van der Waals surface area contributed by atoms with E-state index in [4.69, 9.17) is 4.74 Å². The summed E-state index contributed by atoms with van der Waals surface area (Å²) in [7, 11) is -3.78. The molecule has 0 aliphatic carbocycles. The average Bonchev–Trinajstić information content (AvgIpc) is 3.27. The molecular weight excluding hydrogens is 466 g/mol. The van der Waals surface area contributed by atoms with Crippen LogP contribution in [0.15, 0.2) is 71.6 Å². The van der Waals surface area contributed by atoms with Gasteiger partial charge in [0.2, 0.25) is 5.91 Å². The predicted octanol–water partition coefficient (Wildman–Crippen LogP) is 4.25. The molecule has 3 aromatic carbocycles. The molecule has 1 aliphatic heterocycles. The number of anilines is 3. The van der Waals surface area contributed by atoms with Crippen molar-refractivity contribution in [3.63, 3.8) is 0 Å². The molecule has 0 aromatic heterocycles. The van der Waals surface area contributed by atoms with Crippen LogP contribution in [0.4, 0.5) is 17.1 Å². The van der Waals surface area contributed by atoms with Crippen LogP contribution in [-0.4, -0.2) is 33.4 Å². The molecule has 1 heterocycles. The Balaban J connectivity index is 1.32. The highest BCUT2D eigenvalue weighted by Gasteiger charge is 2.21. The quantitative estimate of drug-likeness (QED) is 0.488. The van der Waals surface area contributed by atoms with E-state index < -0.39 is 10.0 Å². The standard InChI is InChI=1S/C26H27N3O5S/c1-18-5-3-6-19(2)26(18)28-35(32,33)23-14-8-20(9-15-23)27-24(30)17-34-22-12-10-21(11-13-22)29-16-4-7-25(29)31/h3,5-6,8-15,28H,4,7,16-17H2,1-2H3,(H,27,30). The molecule has 0 spiro atoms. The summed E-state index contributed by atoms with van der Waals surface area (Å²) in [5.74, 6) is 0.237. The number of rotatable bonds is 8. The van der Waals surface area contributed by atoms with Crippen molar-refractivity contribution in [3.8, 4) is 5.75 Å². The number of benzene rings is 3. The number of para-hydroxylation sites is 1. The maximum absolute atomic E-state index is 12.8. The highest BCUT2D eigenvalue weighted by Crippen LogP contribution is 2.25. The minimum Gasteiger partial charge on any atom is -0.484 e. The van der Waals surface area contributed by atoms with E-state index in [1.165, 1.54) is 24.3 Å². The summed E-state index contributed by atoms with van der Waals surface area (Å²) >= 11 is 0. The SMILES string of the molecule is Cc1cccc(C)c1NS(=O)(=O)c1ccc(NC(=O)COc2ccc(N3CCCC3=O)cc2)cc1. The molecule has 4 rings (SSSR count). The zero-order valence-corrected chi connectivity index (χ0v) is 20.4. The van der Waals surface area contributed by atoms with Crippen LogP contribution in [-0.2, 0) is 19.6 Å². The lowest BCUT2D eigenvalue weighted by molar-refractivity contribution is -0.118. The number of nitrogens with one attached hydrogen (secondary N) is 2. The normalized spacial score (nSPS) is 13.5. The van der Waals surface area contributed by atoms with Crippen molar-refractivity contribution in [2.24, 2.45) is 0 Å². The first-order valence-corrected chi connectivity index (χ1v) is 12.7. The number of aryl methyl sites for hydroxylation is 2. The van der Waals surface area contributed by atoms with Gasteiger partial charge in [0, 0.05) is 24.3 Å². The van der Waals surface area contributed by atoms with E-state index in [0.717, 1.165) is 23.2 Å². The molecule has 0 bridgehead atoms. The molecular formula is C26H27N3O5S. The largest absolute Gasteiger partial charge is 0.484 e. The molecule has 35 heavy (non-hydrogen) atoms. The van der Waals surface area contributed by atoms with Gasteiger partial charge in [0.15, 0.2) is 6.61 Å². The number of nitrogens with zero attached hydrogens (tertiary/aromatic N) is 1. The number of carbonyl (C=O) groups is 2. The zero-order chi connectivity index (χ0) is 25.0. The highest BCUT2D eigenvalue weighted by atomic mass is 32.2. The number of hydrogen-bond donors (Lipinski definition) is 2. The van der Waals surface area contributed by atoms with Crippen LogP contribution in [0.2, 0.25) is 0 Å². The average molecular weight is 494 g/mol. The van der Waals surface area contributed by atoms with Gasteiger partial charge in [-0.05, 0) is 79.9 Å². The fourth-order valence-corrected chi connectivity index (χ4v) is 5.08. The smallest absolute Gasteiger partial charge is 0.262 e. The van der Waals surface area contributed by atoms with Crippen molar-refractivity contribution in [2.45, 2.75) is 31.6 Å². The lowest BCUT2D eigenvalue weighted by Crippen LogP contribution is -2.23. The monoisotopic (exact) mass is 493 g/mol. The summed E-state index contributed by atoms with van der Waals surface area (Å²) in [5.41, 5.74) is 3.48. The van der Waals surface area contributed by atoms with E-state index in [1.807, 2.05) is 32.0 Å². The fourth-order valence-electron chi connectivity index (χ4n) is 3.88. The number of sulfonamides is 1. The summed E-state index contributed by atoms with van der Waals surface area (Å²) < 4.78 is 33.7. The second-order valence-corrected chi connectivity index (χ2v) is 10.1. The Morgan fingerprint density at radius 3 is 2.23 bits per heavy atom. The molecule has 0 saturated carbocycles. The lowest BCUT2D eigenvalue weighted by atomic mass is 10.1. The molecule has 0 radical (unpaired) electrons. The third-order valence-corrected chi connectivity index (χ3v) is 7.12. The van der Waals surface area contributed by atoms with Crippen LogP contribution >= 0.6 is 0 Å². The van der Waals surface area contributed by atoms with Crippen LogP contribution in [0.5, 0.6) is 5.75 Å². The Morgan fingerprint density at radius 1 is 0.971 bits per heavy atom. The van der Waals surface area contributed by atoms with Gasteiger partial charge in [-0.1, -0.05) is 18.2 Å². The van der Waals surface area contributed by atoms with Gasteiger partial charge in [-0.3, -0.25) is 14.3 Å². The fraction of sp³-hybridized carbons (Fsp3) is 0.231. The van der Waals surface area contributed by atoms with Crippen molar-refractivity contribution >= 4 is 38.9 Å². The zero-order valence-electron chi connectivity index (χ0n) is 19.6. The van der Waals surface area contributed by atoms with Crippen LogP contribution in [0.1, 0.15) is 24.0 Å². The topological polar surface area (TPSA) is 105 Å². The van der Waals surface area contributed by atoms with Crippen LogP contribution in [0, 0.1) is 13.8 Å². The van der Waals surface area contributed by atoms with Crippen LogP contribution in [0.25, 0.3) is 0 Å². The molecule has 1 fully saturated rings. The molecule has 0 unspecified atom stereocenters. The van der Waals surface area contributed by atoms with E-state index in [1.54, 1.807) is 29.2 Å². The third kappa shape index (κ3) is 5.81. The number of ether oxygens (including phenoxy) is 1. The first-order valence-electron chi connectivity index (χ1n) is 11.2. The maximum Gasteiger partial charge on any atom is 0.262 e. The van der Waals surface area contributed by atoms with Gasteiger partial charge in [0.05, 0.1) is 10.6 Å². The molecule has 8 nitrogen and oxygen atoms in total. The van der Waals surface area contributed by atoms with Crippen molar-refractivity contribution in [1.29, 1.82) is 0 Å². The first-order chi connectivity index (χ1) is 16.7. The van der Waals surface area contributed by atoms with Crippen molar-refractivity contribution in [1.82, 2.24) is 0 Å². The first kappa shape index (κ1) is 24.3. The Bertz CT molecular complexity index is 1320. The lowest BCUT2D eigenvalue weighted by Gasteiger charge is -2.16. The summed E-state index contributed by atoms with van der Waals surface area (Å²) in [6, 6.07) is 18.5. The van der Waals surface area contributed by atoms with Gasteiger partial charge >= 0.3 is 0 Å². The Morgan fingerprint density at radius 2 is 1.63 bits per heavy atom. The minimum atomic E-state index is -3.78. The third-order valence-electron chi connectivity index (χ3n) is 5.76. The van der Waals surface area contributed by atoms with Crippen LogP contribution < -0.4 is 19.7 Å². The van der Waals surface area contributed by atoms with Gasteiger partial charge in [-0.25, -0.2) is 8.42 Å². The van der Waals surface area contributed by atoms with Crippen molar-refractivity contribution in [3.05, 3.63) is 77.9 Å². The second-order valence-electron chi connectivity index (χ2n) is 8.38. The predicted molar refractivity (Wildman–Crippen MR) is 135 cm³/mol. The van der Waals surface area contributed by atoms with Crippen molar-refractivity contribution < 1.29 is 22.7 Å². The van der Waals surface area contributed by atoms with Gasteiger partial charge < -0.3 is 15.0 Å². The molecule has 182 valence electrons. The summed E-state index contributed by atoms with van der Waals surface area (Å²) in [6.45, 7) is 4.18. The second kappa shape index (κ2) is 10.2. The molecule has 0 atom stereocenters. The number of carbonyl (C=O) groups excluding carboxylic acids is 2. The summed E-state index contributed by atoms with van der Waals surface area (Å²) in [6.07, 6.45) is 1.42. The van der Waals surface area contributed by atoms with E-state index in [-0.39, 0.29) is 23.3 Å². The summed E-state index contributed by atoms with van der Waals surface area (Å²) in [4.78, 5) is 25.9. The molecule has 1 aliphatic rings. The molecule has 9 heteroatoms. The number of amides is 2.